The highest BCUT2D eigenvalue weighted by Gasteiger charge is 2.26. The van der Waals surface area contributed by atoms with Crippen LogP contribution in [0.15, 0.2) is 24.3 Å². The molecular weight excluding hydrogens is 264 g/mol. The summed E-state index contributed by atoms with van der Waals surface area (Å²) < 4.78 is 5.39. The first kappa shape index (κ1) is 15.8. The number of amides is 1. The van der Waals surface area contributed by atoms with Gasteiger partial charge in [-0.2, -0.15) is 0 Å². The van der Waals surface area contributed by atoms with Crippen LogP contribution >= 0.6 is 0 Å². The summed E-state index contributed by atoms with van der Waals surface area (Å²) in [5, 5.41) is 2.97. The van der Waals surface area contributed by atoms with E-state index in [1.165, 1.54) is 11.3 Å². The number of piperidine rings is 1. The first-order valence-corrected chi connectivity index (χ1v) is 7.93. The topological polar surface area (TPSA) is 42.8 Å². The second kappa shape index (κ2) is 7.46. The predicted molar refractivity (Wildman–Crippen MR) is 84.7 cm³/mol. The van der Waals surface area contributed by atoms with E-state index < -0.39 is 0 Å². The van der Waals surface area contributed by atoms with Gasteiger partial charge < -0.3 is 15.0 Å². The Morgan fingerprint density at radius 2 is 1.86 bits per heavy atom. The molecule has 116 valence electrons. The van der Waals surface area contributed by atoms with Crippen molar-refractivity contribution in [3.8, 4) is 5.75 Å². The summed E-state index contributed by atoms with van der Waals surface area (Å²) in [4.78, 5) is 13.5. The molecular formula is C17H27N2O2+. The lowest BCUT2D eigenvalue weighted by Gasteiger charge is -2.31. The molecule has 1 aliphatic heterocycles. The van der Waals surface area contributed by atoms with E-state index in [1.54, 1.807) is 0 Å². The zero-order valence-electron chi connectivity index (χ0n) is 13.3. The summed E-state index contributed by atoms with van der Waals surface area (Å²) in [6.07, 6.45) is 1.28. The molecule has 1 amide bonds. The number of carbonyl (C=O) groups excluding carboxylic acids is 1. The van der Waals surface area contributed by atoms with Crippen LogP contribution in [-0.4, -0.2) is 32.1 Å². The number of likely N-dealkylation sites (tertiary alicyclic amines) is 1. The average molecular weight is 291 g/mol. The van der Waals surface area contributed by atoms with E-state index in [9.17, 15) is 4.79 Å². The maximum atomic E-state index is 12.1. The number of ether oxygens (including phenoxy) is 1. The molecule has 2 atom stereocenters. The van der Waals surface area contributed by atoms with Crippen LogP contribution in [0.4, 0.5) is 5.69 Å². The van der Waals surface area contributed by atoms with Gasteiger partial charge in [0.1, 0.15) is 5.75 Å². The zero-order chi connectivity index (χ0) is 15.2. The maximum Gasteiger partial charge on any atom is 0.279 e. The molecule has 2 N–H and O–H groups in total. The van der Waals surface area contributed by atoms with Gasteiger partial charge in [-0.05, 0) is 37.6 Å². The summed E-state index contributed by atoms with van der Waals surface area (Å²) in [5.41, 5.74) is 0.834. The van der Waals surface area contributed by atoms with Crippen molar-refractivity contribution in [3.63, 3.8) is 0 Å². The fraction of sp³-hybridized carbons (Fsp3) is 0.588. The summed E-state index contributed by atoms with van der Waals surface area (Å²) in [6, 6.07) is 7.55. The fourth-order valence-electron chi connectivity index (χ4n) is 3.30. The Labute approximate surface area is 127 Å². The second-order valence-electron chi connectivity index (χ2n) is 6.29. The molecule has 1 heterocycles. The largest absolute Gasteiger partial charge is 0.494 e. The Morgan fingerprint density at radius 1 is 1.24 bits per heavy atom. The first-order chi connectivity index (χ1) is 10.1. The van der Waals surface area contributed by atoms with Crippen molar-refractivity contribution >= 4 is 11.6 Å². The minimum atomic E-state index is 0.0930. The molecule has 0 aromatic heterocycles. The van der Waals surface area contributed by atoms with Crippen LogP contribution in [0.5, 0.6) is 5.75 Å². The molecule has 0 bridgehead atoms. The number of quaternary nitrogens is 1. The molecule has 0 spiro atoms. The Balaban J connectivity index is 1.83. The van der Waals surface area contributed by atoms with Gasteiger partial charge in [-0.1, -0.05) is 13.8 Å². The Bertz CT molecular complexity index is 448. The fourth-order valence-corrected chi connectivity index (χ4v) is 3.30. The molecule has 0 saturated carbocycles. The molecule has 21 heavy (non-hydrogen) atoms. The lowest BCUT2D eigenvalue weighted by molar-refractivity contribution is -0.904. The third kappa shape index (κ3) is 5.05. The smallest absolute Gasteiger partial charge is 0.279 e. The molecule has 4 heteroatoms. The van der Waals surface area contributed by atoms with Gasteiger partial charge in [0.2, 0.25) is 0 Å². The minimum Gasteiger partial charge on any atom is -0.494 e. The van der Waals surface area contributed by atoms with Gasteiger partial charge in [0.25, 0.3) is 5.91 Å². The molecule has 0 radical (unpaired) electrons. The van der Waals surface area contributed by atoms with Crippen LogP contribution in [-0.2, 0) is 4.79 Å². The first-order valence-electron chi connectivity index (χ1n) is 7.93. The molecule has 1 aromatic carbocycles. The maximum absolute atomic E-state index is 12.1. The molecule has 1 aliphatic rings. The van der Waals surface area contributed by atoms with E-state index >= 15 is 0 Å². The van der Waals surface area contributed by atoms with Crippen LogP contribution < -0.4 is 15.0 Å². The third-order valence-corrected chi connectivity index (χ3v) is 3.94. The van der Waals surface area contributed by atoms with Crippen LogP contribution in [0.1, 0.15) is 27.2 Å². The molecule has 4 nitrogen and oxygen atoms in total. The second-order valence-corrected chi connectivity index (χ2v) is 6.29. The van der Waals surface area contributed by atoms with Crippen LogP contribution in [0.3, 0.4) is 0 Å². The highest BCUT2D eigenvalue weighted by Crippen LogP contribution is 2.15. The van der Waals surface area contributed by atoms with Crippen molar-refractivity contribution in [2.24, 2.45) is 11.8 Å². The number of nitrogens with one attached hydrogen (secondary N) is 2. The third-order valence-electron chi connectivity index (χ3n) is 3.94. The van der Waals surface area contributed by atoms with Gasteiger partial charge in [-0.3, -0.25) is 4.79 Å². The summed E-state index contributed by atoms with van der Waals surface area (Å²) in [5.74, 6) is 2.35. The van der Waals surface area contributed by atoms with Crippen LogP contribution in [0, 0.1) is 11.8 Å². The molecule has 0 aliphatic carbocycles. The van der Waals surface area contributed by atoms with Gasteiger partial charge in [0, 0.05) is 17.5 Å². The van der Waals surface area contributed by atoms with E-state index in [0.29, 0.717) is 25.0 Å². The summed E-state index contributed by atoms with van der Waals surface area (Å²) >= 11 is 0. The van der Waals surface area contributed by atoms with Crippen molar-refractivity contribution in [3.05, 3.63) is 24.3 Å². The Hall–Kier alpha value is -1.55. The van der Waals surface area contributed by atoms with Crippen molar-refractivity contribution < 1.29 is 14.4 Å². The zero-order valence-corrected chi connectivity index (χ0v) is 13.3. The Morgan fingerprint density at radius 3 is 2.43 bits per heavy atom. The van der Waals surface area contributed by atoms with Crippen molar-refractivity contribution in [1.82, 2.24) is 0 Å². The van der Waals surface area contributed by atoms with E-state index in [0.717, 1.165) is 24.5 Å². The van der Waals surface area contributed by atoms with Gasteiger partial charge >= 0.3 is 0 Å². The van der Waals surface area contributed by atoms with E-state index in [1.807, 2.05) is 31.2 Å². The molecule has 1 aromatic rings. The molecule has 1 fully saturated rings. The molecule has 0 unspecified atom stereocenters. The highest BCUT2D eigenvalue weighted by atomic mass is 16.5. The number of anilines is 1. The number of benzene rings is 1. The van der Waals surface area contributed by atoms with Crippen LogP contribution in [0.25, 0.3) is 0 Å². The summed E-state index contributed by atoms with van der Waals surface area (Å²) in [6.45, 7) is 9.92. The SMILES string of the molecule is CCOc1ccc(NC(=O)C[NH+]2C[C@@H](C)C[C@H](C)C2)cc1. The summed E-state index contributed by atoms with van der Waals surface area (Å²) in [7, 11) is 0. The van der Waals surface area contributed by atoms with Gasteiger partial charge in [-0.15, -0.1) is 0 Å². The number of rotatable bonds is 5. The Kier molecular flexibility index (Phi) is 5.62. The standard InChI is InChI=1S/C17H26N2O2/c1-4-21-16-7-5-15(6-8-16)18-17(20)12-19-10-13(2)9-14(3)11-19/h5-8,13-14H,4,9-12H2,1-3H3,(H,18,20)/p+1/t13-,14-/m0/s1. The van der Waals surface area contributed by atoms with Gasteiger partial charge in [-0.25, -0.2) is 0 Å². The lowest BCUT2D eigenvalue weighted by Crippen LogP contribution is -3.15. The monoisotopic (exact) mass is 291 g/mol. The van der Waals surface area contributed by atoms with E-state index in [2.05, 4.69) is 19.2 Å². The quantitative estimate of drug-likeness (QED) is 0.865. The van der Waals surface area contributed by atoms with Gasteiger partial charge in [0.15, 0.2) is 6.54 Å². The van der Waals surface area contributed by atoms with E-state index in [-0.39, 0.29) is 5.91 Å². The van der Waals surface area contributed by atoms with Crippen LogP contribution in [0.2, 0.25) is 0 Å². The van der Waals surface area contributed by atoms with Crippen molar-refractivity contribution in [2.75, 3.05) is 31.6 Å². The average Bonchev–Trinajstić information content (AvgIpc) is 2.40. The normalized spacial score (nSPS) is 25.4. The number of hydrogen-bond acceptors (Lipinski definition) is 2. The van der Waals surface area contributed by atoms with Crippen molar-refractivity contribution in [1.29, 1.82) is 0 Å². The number of hydrogen-bond donors (Lipinski definition) is 2. The predicted octanol–water partition coefficient (Wildman–Crippen LogP) is 1.58. The van der Waals surface area contributed by atoms with Crippen molar-refractivity contribution in [2.45, 2.75) is 27.2 Å². The lowest BCUT2D eigenvalue weighted by atomic mass is 9.92. The van der Waals surface area contributed by atoms with E-state index in [4.69, 9.17) is 4.74 Å². The highest BCUT2D eigenvalue weighted by molar-refractivity contribution is 5.91. The van der Waals surface area contributed by atoms with Gasteiger partial charge in [0.05, 0.1) is 19.7 Å². The number of carbonyl (C=O) groups is 1. The molecule has 2 rings (SSSR count). The molecule has 1 saturated heterocycles. The minimum absolute atomic E-state index is 0.0930.